The van der Waals surface area contributed by atoms with Crippen molar-refractivity contribution in [1.29, 1.82) is 0 Å². The number of nitrogens with one attached hydrogen (secondary N) is 2. The SMILES string of the molecule is C[C@@H](C(=O)Nc1ccccc1F)[NH+](C)Cc1ccc(Cl)cc1Cl. The third-order valence-electron chi connectivity index (χ3n) is 3.75. The van der Waals surface area contributed by atoms with Crippen LogP contribution in [0.1, 0.15) is 12.5 Å². The molecule has 2 aromatic carbocycles. The van der Waals surface area contributed by atoms with E-state index in [1.54, 1.807) is 31.2 Å². The van der Waals surface area contributed by atoms with Crippen molar-refractivity contribution in [2.24, 2.45) is 0 Å². The van der Waals surface area contributed by atoms with Gasteiger partial charge in [0.1, 0.15) is 12.4 Å². The molecule has 0 saturated heterocycles. The first kappa shape index (κ1) is 17.7. The average molecular weight is 356 g/mol. The minimum atomic E-state index is -0.452. The lowest BCUT2D eigenvalue weighted by Gasteiger charge is -2.21. The Labute approximate surface area is 145 Å². The van der Waals surface area contributed by atoms with E-state index < -0.39 is 5.82 Å². The molecule has 3 nitrogen and oxygen atoms in total. The summed E-state index contributed by atoms with van der Waals surface area (Å²) >= 11 is 12.0. The van der Waals surface area contributed by atoms with Gasteiger partial charge in [0.15, 0.2) is 6.04 Å². The number of amides is 1. The van der Waals surface area contributed by atoms with Gasteiger partial charge in [-0.05, 0) is 31.2 Å². The molecule has 0 aliphatic rings. The monoisotopic (exact) mass is 355 g/mol. The smallest absolute Gasteiger partial charge is 0.282 e. The lowest BCUT2D eigenvalue weighted by atomic mass is 10.2. The number of benzene rings is 2. The van der Waals surface area contributed by atoms with Gasteiger partial charge >= 0.3 is 0 Å². The molecule has 2 aromatic rings. The maximum Gasteiger partial charge on any atom is 0.282 e. The molecule has 6 heteroatoms. The van der Waals surface area contributed by atoms with Crippen molar-refractivity contribution in [3.05, 3.63) is 63.9 Å². The molecule has 0 fully saturated rings. The second-order valence-corrected chi connectivity index (χ2v) is 6.29. The number of hydrogen-bond donors (Lipinski definition) is 2. The van der Waals surface area contributed by atoms with E-state index in [1.165, 1.54) is 12.1 Å². The summed E-state index contributed by atoms with van der Waals surface area (Å²) in [5.41, 5.74) is 1.08. The van der Waals surface area contributed by atoms with E-state index >= 15 is 0 Å². The molecule has 1 unspecified atom stereocenters. The number of hydrogen-bond acceptors (Lipinski definition) is 1. The molecule has 1 amide bonds. The molecule has 0 radical (unpaired) electrons. The minimum Gasteiger partial charge on any atom is -0.324 e. The van der Waals surface area contributed by atoms with Crippen molar-refractivity contribution < 1.29 is 14.1 Å². The van der Waals surface area contributed by atoms with Crippen molar-refractivity contribution in [2.75, 3.05) is 12.4 Å². The summed E-state index contributed by atoms with van der Waals surface area (Å²) in [7, 11) is 1.89. The molecular formula is C17H18Cl2FN2O+. The maximum atomic E-state index is 13.6. The standard InChI is InChI=1S/C17H17Cl2FN2O/c1-11(17(23)21-16-6-4-3-5-15(16)20)22(2)10-12-7-8-13(18)9-14(12)19/h3-9,11H,10H2,1-2H3,(H,21,23)/p+1/t11-/m0/s1. The highest BCUT2D eigenvalue weighted by molar-refractivity contribution is 6.35. The summed E-state index contributed by atoms with van der Waals surface area (Å²) in [6.45, 7) is 2.34. The Bertz CT molecular complexity index is 709. The Morgan fingerprint density at radius 3 is 2.61 bits per heavy atom. The lowest BCUT2D eigenvalue weighted by molar-refractivity contribution is -0.907. The first-order valence-electron chi connectivity index (χ1n) is 7.20. The Kier molecular flexibility index (Phi) is 5.99. The van der Waals surface area contributed by atoms with E-state index in [9.17, 15) is 9.18 Å². The van der Waals surface area contributed by atoms with Crippen LogP contribution in [0.4, 0.5) is 10.1 Å². The third-order valence-corrected chi connectivity index (χ3v) is 4.34. The number of quaternary nitrogens is 1. The van der Waals surface area contributed by atoms with Crippen LogP contribution < -0.4 is 10.2 Å². The Morgan fingerprint density at radius 2 is 1.96 bits per heavy atom. The zero-order chi connectivity index (χ0) is 17.0. The van der Waals surface area contributed by atoms with Crippen molar-refractivity contribution in [3.8, 4) is 0 Å². The second-order valence-electron chi connectivity index (χ2n) is 5.45. The van der Waals surface area contributed by atoms with Crippen LogP contribution in [0, 0.1) is 5.82 Å². The molecule has 0 heterocycles. The highest BCUT2D eigenvalue weighted by Crippen LogP contribution is 2.20. The van der Waals surface area contributed by atoms with Crippen molar-refractivity contribution in [1.82, 2.24) is 0 Å². The molecule has 23 heavy (non-hydrogen) atoms. The van der Waals surface area contributed by atoms with Gasteiger partial charge in [0, 0.05) is 10.6 Å². The van der Waals surface area contributed by atoms with E-state index in [0.717, 1.165) is 10.5 Å². The van der Waals surface area contributed by atoms with Gasteiger partial charge in [-0.2, -0.15) is 0 Å². The Morgan fingerprint density at radius 1 is 1.26 bits per heavy atom. The van der Waals surface area contributed by atoms with Gasteiger partial charge < -0.3 is 10.2 Å². The molecular weight excluding hydrogens is 338 g/mol. The molecule has 2 rings (SSSR count). The zero-order valence-electron chi connectivity index (χ0n) is 12.9. The van der Waals surface area contributed by atoms with Gasteiger partial charge in [-0.25, -0.2) is 4.39 Å². The summed E-state index contributed by atoms with van der Waals surface area (Å²) < 4.78 is 13.6. The third kappa shape index (κ3) is 4.67. The predicted octanol–water partition coefficient (Wildman–Crippen LogP) is 3.17. The van der Waals surface area contributed by atoms with Gasteiger partial charge in [-0.15, -0.1) is 0 Å². The number of halogens is 3. The van der Waals surface area contributed by atoms with Crippen LogP contribution in [0.5, 0.6) is 0 Å². The summed E-state index contributed by atoms with van der Waals surface area (Å²) in [5.74, 6) is -0.705. The number of para-hydroxylation sites is 1. The normalized spacial score (nSPS) is 13.4. The van der Waals surface area contributed by atoms with Gasteiger partial charge in [0.25, 0.3) is 5.91 Å². The van der Waals surface area contributed by atoms with Crippen LogP contribution in [-0.2, 0) is 11.3 Å². The maximum absolute atomic E-state index is 13.6. The summed E-state index contributed by atoms with van der Waals surface area (Å²) in [6, 6.07) is 11.0. The van der Waals surface area contributed by atoms with Crippen molar-refractivity contribution >= 4 is 34.8 Å². The second kappa shape index (κ2) is 7.77. The Balaban J connectivity index is 2.02. The quantitative estimate of drug-likeness (QED) is 0.848. The summed E-state index contributed by atoms with van der Waals surface area (Å²) in [4.78, 5) is 13.2. The number of likely N-dealkylation sites (N-methyl/N-ethyl adjacent to an activating group) is 1. The fourth-order valence-electron chi connectivity index (χ4n) is 2.15. The fraction of sp³-hybridized carbons (Fsp3) is 0.235. The van der Waals surface area contributed by atoms with E-state index in [4.69, 9.17) is 23.2 Å². The minimum absolute atomic E-state index is 0.182. The molecule has 0 aliphatic carbocycles. The van der Waals surface area contributed by atoms with Gasteiger partial charge in [0.05, 0.1) is 17.8 Å². The molecule has 0 aromatic heterocycles. The molecule has 122 valence electrons. The molecule has 0 bridgehead atoms. The predicted molar refractivity (Wildman–Crippen MR) is 91.5 cm³/mol. The van der Waals surface area contributed by atoms with Crippen LogP contribution >= 0.6 is 23.2 Å². The average Bonchev–Trinajstić information content (AvgIpc) is 2.51. The molecule has 0 aliphatic heterocycles. The summed E-state index contributed by atoms with van der Waals surface area (Å²) in [6.07, 6.45) is 0. The first-order valence-corrected chi connectivity index (χ1v) is 7.95. The van der Waals surface area contributed by atoms with Gasteiger partial charge in [-0.3, -0.25) is 4.79 Å². The zero-order valence-corrected chi connectivity index (χ0v) is 14.4. The summed E-state index contributed by atoms with van der Waals surface area (Å²) in [5, 5.41) is 3.75. The highest BCUT2D eigenvalue weighted by atomic mass is 35.5. The topological polar surface area (TPSA) is 33.5 Å². The van der Waals surface area contributed by atoms with Gasteiger partial charge in [0.2, 0.25) is 0 Å². The van der Waals surface area contributed by atoms with Crippen LogP contribution in [0.2, 0.25) is 10.0 Å². The molecule has 0 spiro atoms. The number of carbonyl (C=O) groups is 1. The highest BCUT2D eigenvalue weighted by Gasteiger charge is 2.23. The largest absolute Gasteiger partial charge is 0.324 e. The number of anilines is 1. The lowest BCUT2D eigenvalue weighted by Crippen LogP contribution is -3.12. The fourth-order valence-corrected chi connectivity index (χ4v) is 2.62. The van der Waals surface area contributed by atoms with Crippen LogP contribution in [0.15, 0.2) is 42.5 Å². The van der Waals surface area contributed by atoms with E-state index in [-0.39, 0.29) is 17.6 Å². The van der Waals surface area contributed by atoms with Crippen LogP contribution in [0.3, 0.4) is 0 Å². The molecule has 2 atom stereocenters. The van der Waals surface area contributed by atoms with Crippen LogP contribution in [-0.4, -0.2) is 19.0 Å². The van der Waals surface area contributed by atoms with Gasteiger partial charge in [-0.1, -0.05) is 41.4 Å². The first-order chi connectivity index (χ1) is 10.9. The molecule has 0 saturated carbocycles. The molecule has 2 N–H and O–H groups in total. The van der Waals surface area contributed by atoms with Crippen LogP contribution in [0.25, 0.3) is 0 Å². The number of rotatable bonds is 5. The van der Waals surface area contributed by atoms with E-state index in [0.29, 0.717) is 16.6 Å². The number of carbonyl (C=O) groups excluding carboxylic acids is 1. The van der Waals surface area contributed by atoms with Crippen molar-refractivity contribution in [2.45, 2.75) is 19.5 Å². The van der Waals surface area contributed by atoms with E-state index in [1.807, 2.05) is 13.1 Å². The van der Waals surface area contributed by atoms with E-state index in [2.05, 4.69) is 5.32 Å². The van der Waals surface area contributed by atoms with Crippen molar-refractivity contribution in [3.63, 3.8) is 0 Å². The Hall–Kier alpha value is -1.62.